The molecule has 0 atom stereocenters. The van der Waals surface area contributed by atoms with Crippen LogP contribution in [0.4, 0.5) is 5.69 Å². The summed E-state index contributed by atoms with van der Waals surface area (Å²) in [6.07, 6.45) is 3.78. The first-order chi connectivity index (χ1) is 7.24. The molecule has 82 valence electrons. The lowest BCUT2D eigenvalue weighted by molar-refractivity contribution is 0.126. The van der Waals surface area contributed by atoms with Crippen LogP contribution in [0.15, 0.2) is 24.3 Å². The Labute approximate surface area is 95.3 Å². The molecular weight excluding hydrogens is 210 g/mol. The number of halogens is 1. The van der Waals surface area contributed by atoms with Crippen molar-refractivity contribution in [1.29, 1.82) is 0 Å². The van der Waals surface area contributed by atoms with Gasteiger partial charge in [-0.25, -0.2) is 0 Å². The highest BCUT2D eigenvalue weighted by Crippen LogP contribution is 2.23. The Morgan fingerprint density at radius 2 is 1.93 bits per heavy atom. The van der Waals surface area contributed by atoms with Gasteiger partial charge in [-0.1, -0.05) is 17.7 Å². The molecule has 0 saturated heterocycles. The van der Waals surface area contributed by atoms with E-state index < -0.39 is 0 Å². The van der Waals surface area contributed by atoms with Crippen molar-refractivity contribution >= 4 is 17.3 Å². The van der Waals surface area contributed by atoms with Crippen LogP contribution in [0.25, 0.3) is 0 Å². The van der Waals surface area contributed by atoms with Crippen LogP contribution in [0.5, 0.6) is 0 Å². The molecule has 1 aliphatic carbocycles. The summed E-state index contributed by atoms with van der Waals surface area (Å²) in [5.74, 6) is 0. The Bertz CT molecular complexity index is 321. The first kappa shape index (κ1) is 10.8. The van der Waals surface area contributed by atoms with Crippen LogP contribution in [0, 0.1) is 0 Å². The Balaban J connectivity index is 1.92. The molecule has 0 amide bonds. The molecule has 1 aromatic carbocycles. The summed E-state index contributed by atoms with van der Waals surface area (Å²) in [5, 5.41) is 13.6. The normalized spacial score (nSPS) is 26.3. The number of aliphatic hydroxyl groups excluding tert-OH is 1. The highest BCUT2D eigenvalue weighted by Gasteiger charge is 2.18. The number of rotatable bonds is 2. The Morgan fingerprint density at radius 3 is 2.60 bits per heavy atom. The molecule has 3 heteroatoms. The fraction of sp³-hybridized carbons (Fsp3) is 0.500. The van der Waals surface area contributed by atoms with Gasteiger partial charge in [0.15, 0.2) is 0 Å². The standard InChI is InChI=1S/C12H16ClNO/c13-9-2-1-3-11(8-9)14-10-4-6-12(15)7-5-10/h1-3,8,10,12,14-15H,4-7H2. The van der Waals surface area contributed by atoms with Gasteiger partial charge in [-0.15, -0.1) is 0 Å². The minimum absolute atomic E-state index is 0.0950. The smallest absolute Gasteiger partial charge is 0.0541 e. The number of aliphatic hydroxyl groups is 1. The lowest BCUT2D eigenvalue weighted by Crippen LogP contribution is -2.28. The molecule has 1 aliphatic rings. The summed E-state index contributed by atoms with van der Waals surface area (Å²) < 4.78 is 0. The van der Waals surface area contributed by atoms with Crippen molar-refractivity contribution in [1.82, 2.24) is 0 Å². The molecule has 15 heavy (non-hydrogen) atoms. The third-order valence-electron chi connectivity index (χ3n) is 2.89. The van der Waals surface area contributed by atoms with Crippen molar-refractivity contribution in [2.75, 3.05) is 5.32 Å². The van der Waals surface area contributed by atoms with E-state index in [9.17, 15) is 5.11 Å². The van der Waals surface area contributed by atoms with E-state index in [4.69, 9.17) is 11.6 Å². The van der Waals surface area contributed by atoms with Crippen LogP contribution in [0.3, 0.4) is 0 Å². The molecular formula is C12H16ClNO. The molecule has 2 nitrogen and oxygen atoms in total. The van der Waals surface area contributed by atoms with Gasteiger partial charge in [0, 0.05) is 16.8 Å². The van der Waals surface area contributed by atoms with E-state index in [0.717, 1.165) is 36.4 Å². The van der Waals surface area contributed by atoms with Crippen molar-refractivity contribution in [3.63, 3.8) is 0 Å². The van der Waals surface area contributed by atoms with Gasteiger partial charge in [-0.05, 0) is 43.9 Å². The number of hydrogen-bond donors (Lipinski definition) is 2. The number of hydrogen-bond acceptors (Lipinski definition) is 2. The van der Waals surface area contributed by atoms with Crippen molar-refractivity contribution < 1.29 is 5.11 Å². The predicted molar refractivity (Wildman–Crippen MR) is 63.3 cm³/mol. The van der Waals surface area contributed by atoms with Crippen LogP contribution in [-0.2, 0) is 0 Å². The molecule has 0 heterocycles. The first-order valence-electron chi connectivity index (χ1n) is 5.44. The molecule has 0 aromatic heterocycles. The summed E-state index contributed by atoms with van der Waals surface area (Å²) in [4.78, 5) is 0. The van der Waals surface area contributed by atoms with Crippen LogP contribution < -0.4 is 5.32 Å². The molecule has 0 unspecified atom stereocenters. The third kappa shape index (κ3) is 3.11. The second-order valence-electron chi connectivity index (χ2n) is 4.16. The van der Waals surface area contributed by atoms with E-state index >= 15 is 0 Å². The number of benzene rings is 1. The minimum Gasteiger partial charge on any atom is -0.393 e. The molecule has 0 bridgehead atoms. The molecule has 1 aromatic rings. The molecule has 0 spiro atoms. The Hall–Kier alpha value is -0.730. The fourth-order valence-corrected chi connectivity index (χ4v) is 2.22. The monoisotopic (exact) mass is 225 g/mol. The predicted octanol–water partition coefficient (Wildman–Crippen LogP) is 3.06. The van der Waals surface area contributed by atoms with Gasteiger partial charge in [-0.2, -0.15) is 0 Å². The number of anilines is 1. The topological polar surface area (TPSA) is 32.3 Å². The van der Waals surface area contributed by atoms with Crippen molar-refractivity contribution in [3.8, 4) is 0 Å². The fourth-order valence-electron chi connectivity index (χ4n) is 2.03. The van der Waals surface area contributed by atoms with Gasteiger partial charge in [0.25, 0.3) is 0 Å². The lowest BCUT2D eigenvalue weighted by Gasteiger charge is -2.27. The van der Waals surface area contributed by atoms with Gasteiger partial charge in [0.05, 0.1) is 6.10 Å². The van der Waals surface area contributed by atoms with Crippen molar-refractivity contribution in [2.24, 2.45) is 0 Å². The van der Waals surface area contributed by atoms with E-state index in [-0.39, 0.29) is 6.10 Å². The van der Waals surface area contributed by atoms with Gasteiger partial charge in [-0.3, -0.25) is 0 Å². The lowest BCUT2D eigenvalue weighted by atomic mass is 9.93. The minimum atomic E-state index is -0.0950. The summed E-state index contributed by atoms with van der Waals surface area (Å²) in [7, 11) is 0. The van der Waals surface area contributed by atoms with Crippen LogP contribution in [0.2, 0.25) is 5.02 Å². The molecule has 2 N–H and O–H groups in total. The van der Waals surface area contributed by atoms with Gasteiger partial charge >= 0.3 is 0 Å². The largest absolute Gasteiger partial charge is 0.393 e. The molecule has 1 saturated carbocycles. The van der Waals surface area contributed by atoms with Gasteiger partial charge in [0.2, 0.25) is 0 Å². The molecule has 0 aliphatic heterocycles. The average molecular weight is 226 g/mol. The maximum Gasteiger partial charge on any atom is 0.0541 e. The van der Waals surface area contributed by atoms with Gasteiger partial charge in [0.1, 0.15) is 0 Å². The second-order valence-corrected chi connectivity index (χ2v) is 4.60. The molecule has 0 radical (unpaired) electrons. The van der Waals surface area contributed by atoms with E-state index in [1.54, 1.807) is 0 Å². The summed E-state index contributed by atoms with van der Waals surface area (Å²) in [5.41, 5.74) is 1.07. The first-order valence-corrected chi connectivity index (χ1v) is 5.82. The van der Waals surface area contributed by atoms with Crippen LogP contribution in [-0.4, -0.2) is 17.3 Å². The third-order valence-corrected chi connectivity index (χ3v) is 3.13. The van der Waals surface area contributed by atoms with E-state index in [1.165, 1.54) is 0 Å². The zero-order valence-electron chi connectivity index (χ0n) is 8.62. The SMILES string of the molecule is OC1CCC(Nc2cccc(Cl)c2)CC1. The highest BCUT2D eigenvalue weighted by atomic mass is 35.5. The van der Waals surface area contributed by atoms with Crippen LogP contribution >= 0.6 is 11.6 Å². The highest BCUT2D eigenvalue weighted by molar-refractivity contribution is 6.30. The Morgan fingerprint density at radius 1 is 1.20 bits per heavy atom. The second kappa shape index (κ2) is 4.86. The average Bonchev–Trinajstić information content (AvgIpc) is 2.22. The molecule has 2 rings (SSSR count). The number of nitrogens with one attached hydrogen (secondary N) is 1. The maximum absolute atomic E-state index is 9.39. The Kier molecular flexibility index (Phi) is 3.49. The summed E-state index contributed by atoms with van der Waals surface area (Å²) in [6.45, 7) is 0. The summed E-state index contributed by atoms with van der Waals surface area (Å²) >= 11 is 5.91. The van der Waals surface area contributed by atoms with E-state index in [2.05, 4.69) is 5.32 Å². The maximum atomic E-state index is 9.39. The van der Waals surface area contributed by atoms with Crippen molar-refractivity contribution in [3.05, 3.63) is 29.3 Å². The molecule has 1 fully saturated rings. The zero-order valence-corrected chi connectivity index (χ0v) is 9.37. The van der Waals surface area contributed by atoms with E-state index in [1.807, 2.05) is 24.3 Å². The quantitative estimate of drug-likeness (QED) is 0.811. The van der Waals surface area contributed by atoms with E-state index in [0.29, 0.717) is 6.04 Å². The summed E-state index contributed by atoms with van der Waals surface area (Å²) in [6, 6.07) is 8.26. The van der Waals surface area contributed by atoms with Gasteiger partial charge < -0.3 is 10.4 Å². The van der Waals surface area contributed by atoms with Crippen LogP contribution in [0.1, 0.15) is 25.7 Å². The zero-order chi connectivity index (χ0) is 10.7. The van der Waals surface area contributed by atoms with Crippen molar-refractivity contribution in [2.45, 2.75) is 37.8 Å².